The number of para-hydroxylation sites is 1. The van der Waals surface area contributed by atoms with E-state index in [-0.39, 0.29) is 6.61 Å². The summed E-state index contributed by atoms with van der Waals surface area (Å²) in [7, 11) is 0. The van der Waals surface area contributed by atoms with E-state index in [1.54, 1.807) is 54.6 Å². The number of carbonyl (C=O) groups excluding carboxylic acids is 2. The van der Waals surface area contributed by atoms with Gasteiger partial charge in [-0.25, -0.2) is 10.2 Å². The van der Waals surface area contributed by atoms with Gasteiger partial charge >= 0.3 is 5.97 Å². The zero-order chi connectivity index (χ0) is 24.2. The Balaban J connectivity index is 1.59. The molecule has 0 fully saturated rings. The highest BCUT2D eigenvalue weighted by atomic mass is 16.6. The Morgan fingerprint density at radius 3 is 2.47 bits per heavy atom. The second-order valence-electron chi connectivity index (χ2n) is 7.08. The van der Waals surface area contributed by atoms with E-state index in [4.69, 9.17) is 14.2 Å². The monoisotopic (exact) mass is 458 g/mol. The van der Waals surface area contributed by atoms with Crippen LogP contribution in [-0.4, -0.2) is 31.3 Å². The van der Waals surface area contributed by atoms with Gasteiger partial charge < -0.3 is 14.2 Å². The summed E-state index contributed by atoms with van der Waals surface area (Å²) in [6, 6.07) is 21.2. The van der Waals surface area contributed by atoms with Crippen molar-refractivity contribution < 1.29 is 23.8 Å². The van der Waals surface area contributed by atoms with Crippen LogP contribution >= 0.6 is 0 Å². The van der Waals surface area contributed by atoms with Gasteiger partial charge in [0.05, 0.1) is 18.4 Å². The second kappa shape index (κ2) is 12.6. The number of carbonyl (C=O) groups is 2. The first-order valence-corrected chi connectivity index (χ1v) is 10.8. The van der Waals surface area contributed by atoms with E-state index in [1.807, 2.05) is 31.2 Å². The Morgan fingerprint density at radius 1 is 0.941 bits per heavy atom. The summed E-state index contributed by atoms with van der Waals surface area (Å²) in [5.41, 5.74) is 4.47. The largest absolute Gasteiger partial charge is 0.490 e. The van der Waals surface area contributed by atoms with Crippen LogP contribution in [0.1, 0.15) is 28.4 Å². The predicted octanol–water partition coefficient (Wildman–Crippen LogP) is 4.56. The van der Waals surface area contributed by atoms with Crippen LogP contribution < -0.4 is 19.6 Å². The lowest BCUT2D eigenvalue weighted by Gasteiger charge is -2.11. The summed E-state index contributed by atoms with van der Waals surface area (Å²) in [6.45, 7) is 5.77. The number of benzene rings is 3. The van der Waals surface area contributed by atoms with Crippen LogP contribution in [0.3, 0.4) is 0 Å². The molecule has 3 rings (SSSR count). The van der Waals surface area contributed by atoms with Gasteiger partial charge in [-0.05, 0) is 60.9 Å². The predicted molar refractivity (Wildman–Crippen MR) is 131 cm³/mol. The first-order chi connectivity index (χ1) is 16.6. The zero-order valence-corrected chi connectivity index (χ0v) is 18.9. The maximum absolute atomic E-state index is 12.4. The third-order valence-electron chi connectivity index (χ3n) is 4.58. The molecular weight excluding hydrogens is 432 g/mol. The average molecular weight is 459 g/mol. The smallest absolute Gasteiger partial charge is 0.343 e. The van der Waals surface area contributed by atoms with Gasteiger partial charge in [-0.1, -0.05) is 42.5 Å². The number of amides is 1. The first kappa shape index (κ1) is 24.3. The molecule has 7 nitrogen and oxygen atoms in total. The molecule has 0 spiro atoms. The van der Waals surface area contributed by atoms with Gasteiger partial charge in [-0.2, -0.15) is 5.10 Å². The number of hydrazone groups is 1. The van der Waals surface area contributed by atoms with E-state index in [0.29, 0.717) is 41.4 Å². The minimum Gasteiger partial charge on any atom is -0.490 e. The number of hydrogen-bond donors (Lipinski definition) is 1. The van der Waals surface area contributed by atoms with Crippen molar-refractivity contribution in [2.75, 3.05) is 13.2 Å². The third kappa shape index (κ3) is 7.06. The SMILES string of the molecule is C=CCc1ccccc1OCC(=O)N/N=C\c1ccc(OC(=O)c2ccccc2)c(OCC)c1. The molecule has 34 heavy (non-hydrogen) atoms. The normalized spacial score (nSPS) is 10.5. The topological polar surface area (TPSA) is 86.2 Å². The van der Waals surface area contributed by atoms with Crippen LogP contribution in [0, 0.1) is 0 Å². The second-order valence-corrected chi connectivity index (χ2v) is 7.08. The standard InChI is InChI=1S/C27H26N2O5/c1-3-10-21-11-8-9-14-23(21)33-19-26(30)29-28-18-20-15-16-24(25(17-20)32-4-2)34-27(31)22-12-6-5-7-13-22/h3,5-9,11-18H,1,4,10,19H2,2H3,(H,29,30)/b28-18-. The van der Waals surface area contributed by atoms with Crippen molar-refractivity contribution in [3.05, 3.63) is 102 Å². The van der Waals surface area contributed by atoms with Crippen molar-refractivity contribution in [3.8, 4) is 17.2 Å². The van der Waals surface area contributed by atoms with Crippen LogP contribution in [0.15, 0.2) is 90.6 Å². The Morgan fingerprint density at radius 2 is 1.71 bits per heavy atom. The molecule has 0 aliphatic rings. The number of esters is 1. The molecule has 0 unspecified atom stereocenters. The van der Waals surface area contributed by atoms with Crippen LogP contribution in [0.2, 0.25) is 0 Å². The number of nitrogens with one attached hydrogen (secondary N) is 1. The van der Waals surface area contributed by atoms with Gasteiger partial charge in [-0.15, -0.1) is 6.58 Å². The maximum Gasteiger partial charge on any atom is 0.343 e. The zero-order valence-electron chi connectivity index (χ0n) is 18.9. The summed E-state index contributed by atoms with van der Waals surface area (Å²) >= 11 is 0. The molecule has 7 heteroatoms. The summed E-state index contributed by atoms with van der Waals surface area (Å²) in [5.74, 6) is 0.434. The molecule has 174 valence electrons. The third-order valence-corrected chi connectivity index (χ3v) is 4.58. The quantitative estimate of drug-likeness (QED) is 0.150. The maximum atomic E-state index is 12.4. The van der Waals surface area contributed by atoms with Crippen molar-refractivity contribution in [2.24, 2.45) is 5.10 Å². The van der Waals surface area contributed by atoms with E-state index >= 15 is 0 Å². The van der Waals surface area contributed by atoms with Crippen molar-refractivity contribution in [1.82, 2.24) is 5.43 Å². The van der Waals surface area contributed by atoms with Gasteiger partial charge in [0.25, 0.3) is 5.91 Å². The van der Waals surface area contributed by atoms with Crippen molar-refractivity contribution in [3.63, 3.8) is 0 Å². The van der Waals surface area contributed by atoms with Crippen LogP contribution in [0.25, 0.3) is 0 Å². The van der Waals surface area contributed by atoms with Gasteiger partial charge in [-0.3, -0.25) is 4.79 Å². The molecule has 0 heterocycles. The minimum atomic E-state index is -0.482. The van der Waals surface area contributed by atoms with Crippen LogP contribution in [-0.2, 0) is 11.2 Å². The molecule has 1 amide bonds. The molecule has 0 aromatic heterocycles. The van der Waals surface area contributed by atoms with E-state index in [1.165, 1.54) is 6.21 Å². The fourth-order valence-corrected chi connectivity index (χ4v) is 3.01. The highest BCUT2D eigenvalue weighted by Gasteiger charge is 2.13. The van der Waals surface area contributed by atoms with E-state index < -0.39 is 11.9 Å². The number of rotatable bonds is 11. The van der Waals surface area contributed by atoms with Gasteiger partial charge in [0.2, 0.25) is 0 Å². The lowest BCUT2D eigenvalue weighted by molar-refractivity contribution is -0.123. The van der Waals surface area contributed by atoms with Gasteiger partial charge in [0.1, 0.15) is 5.75 Å². The number of ether oxygens (including phenoxy) is 3. The van der Waals surface area contributed by atoms with Crippen LogP contribution in [0.4, 0.5) is 0 Å². The van der Waals surface area contributed by atoms with Gasteiger partial charge in [0, 0.05) is 0 Å². The fraction of sp³-hybridized carbons (Fsp3) is 0.148. The van der Waals surface area contributed by atoms with Gasteiger partial charge in [0.15, 0.2) is 18.1 Å². The average Bonchev–Trinajstić information content (AvgIpc) is 2.86. The molecule has 0 radical (unpaired) electrons. The van der Waals surface area contributed by atoms with Crippen molar-refractivity contribution in [1.29, 1.82) is 0 Å². The highest BCUT2D eigenvalue weighted by molar-refractivity contribution is 5.91. The lowest BCUT2D eigenvalue weighted by Crippen LogP contribution is -2.24. The van der Waals surface area contributed by atoms with E-state index in [0.717, 1.165) is 5.56 Å². The molecule has 0 saturated heterocycles. The van der Waals surface area contributed by atoms with Crippen molar-refractivity contribution in [2.45, 2.75) is 13.3 Å². The summed E-state index contributed by atoms with van der Waals surface area (Å²) in [4.78, 5) is 24.5. The lowest BCUT2D eigenvalue weighted by atomic mass is 10.1. The number of hydrogen-bond acceptors (Lipinski definition) is 6. The van der Waals surface area contributed by atoms with Crippen molar-refractivity contribution >= 4 is 18.1 Å². The minimum absolute atomic E-state index is 0.177. The molecule has 0 bridgehead atoms. The summed E-state index contributed by atoms with van der Waals surface area (Å²) in [6.07, 6.45) is 3.89. The molecule has 0 atom stereocenters. The summed E-state index contributed by atoms with van der Waals surface area (Å²) < 4.78 is 16.7. The highest BCUT2D eigenvalue weighted by Crippen LogP contribution is 2.29. The Labute approximate surface area is 198 Å². The van der Waals surface area contributed by atoms with Crippen LogP contribution in [0.5, 0.6) is 17.2 Å². The molecule has 1 N–H and O–H groups in total. The van der Waals surface area contributed by atoms with E-state index in [9.17, 15) is 9.59 Å². The first-order valence-electron chi connectivity index (χ1n) is 10.8. The fourth-order valence-electron chi connectivity index (χ4n) is 3.01. The molecule has 3 aromatic rings. The molecular formula is C27H26N2O5. The Hall–Kier alpha value is -4.39. The Bertz CT molecular complexity index is 1160. The molecule has 0 aliphatic heterocycles. The molecule has 3 aromatic carbocycles. The number of allylic oxidation sites excluding steroid dienone is 1. The summed E-state index contributed by atoms with van der Waals surface area (Å²) in [5, 5.41) is 3.97. The van der Waals surface area contributed by atoms with E-state index in [2.05, 4.69) is 17.1 Å². The molecule has 0 aliphatic carbocycles. The number of nitrogens with zero attached hydrogens (tertiary/aromatic N) is 1. The molecule has 0 saturated carbocycles. The Kier molecular flexibility index (Phi) is 8.99.